The van der Waals surface area contributed by atoms with Crippen LogP contribution in [0, 0.1) is 6.92 Å². The third-order valence-electron chi connectivity index (χ3n) is 3.70. The van der Waals surface area contributed by atoms with Gasteiger partial charge in [-0.3, -0.25) is 0 Å². The molecule has 136 valence electrons. The molecule has 1 heterocycles. The molecule has 8 heteroatoms. The van der Waals surface area contributed by atoms with Crippen molar-refractivity contribution in [1.29, 1.82) is 0 Å². The number of nitrogens with zero attached hydrogens (tertiary/aromatic N) is 2. The maximum atomic E-state index is 12.1. The summed E-state index contributed by atoms with van der Waals surface area (Å²) in [7, 11) is -3.45. The molecule has 0 aliphatic rings. The van der Waals surface area contributed by atoms with Gasteiger partial charge < -0.3 is 4.42 Å². The van der Waals surface area contributed by atoms with E-state index in [1.807, 2.05) is 31.2 Å². The van der Waals surface area contributed by atoms with Crippen molar-refractivity contribution in [2.24, 2.45) is 0 Å². The molecule has 0 aliphatic carbocycles. The lowest BCUT2D eigenvalue weighted by atomic mass is 10.1. The number of hydrogen-bond acceptors (Lipinski definition) is 5. The van der Waals surface area contributed by atoms with E-state index in [4.69, 9.17) is 16.0 Å². The van der Waals surface area contributed by atoms with Gasteiger partial charge in [-0.15, -0.1) is 10.2 Å². The Labute approximate surface area is 157 Å². The first-order valence-electron chi connectivity index (χ1n) is 8.02. The zero-order valence-electron chi connectivity index (χ0n) is 14.1. The zero-order chi connectivity index (χ0) is 18.6. The molecule has 2 aromatic carbocycles. The van der Waals surface area contributed by atoms with E-state index >= 15 is 0 Å². The van der Waals surface area contributed by atoms with Gasteiger partial charge in [-0.1, -0.05) is 41.4 Å². The number of aromatic nitrogens is 2. The third-order valence-corrected chi connectivity index (χ3v) is 5.31. The van der Waals surface area contributed by atoms with Crippen LogP contribution in [0.3, 0.4) is 0 Å². The Morgan fingerprint density at radius 2 is 1.73 bits per heavy atom. The number of hydrogen-bond donors (Lipinski definition) is 1. The fourth-order valence-corrected chi connectivity index (χ4v) is 3.60. The summed E-state index contributed by atoms with van der Waals surface area (Å²) in [5, 5.41) is 8.53. The molecule has 0 bridgehead atoms. The van der Waals surface area contributed by atoms with Crippen LogP contribution in [0.4, 0.5) is 0 Å². The molecule has 0 radical (unpaired) electrons. The van der Waals surface area contributed by atoms with Crippen LogP contribution in [-0.2, 0) is 22.2 Å². The van der Waals surface area contributed by atoms with E-state index in [2.05, 4.69) is 14.9 Å². The molecule has 0 saturated heterocycles. The quantitative estimate of drug-likeness (QED) is 0.667. The van der Waals surface area contributed by atoms with Crippen LogP contribution in [0.1, 0.15) is 17.0 Å². The predicted octanol–water partition coefficient (Wildman–Crippen LogP) is 3.36. The summed E-state index contributed by atoms with van der Waals surface area (Å²) in [5.74, 6) is 0.696. The molecule has 6 nitrogen and oxygen atoms in total. The summed E-state index contributed by atoms with van der Waals surface area (Å²) >= 11 is 5.80. The van der Waals surface area contributed by atoms with Crippen LogP contribution in [-0.4, -0.2) is 25.2 Å². The molecule has 26 heavy (non-hydrogen) atoms. The van der Waals surface area contributed by atoms with E-state index in [0.717, 1.165) is 11.1 Å². The fraction of sp³-hybridized carbons (Fsp3) is 0.222. The number of sulfonamides is 1. The maximum Gasteiger partial charge on any atom is 0.247 e. The molecule has 0 fully saturated rings. The highest BCUT2D eigenvalue weighted by atomic mass is 35.5. The molecular weight excluding hydrogens is 374 g/mol. The summed E-state index contributed by atoms with van der Waals surface area (Å²) in [4.78, 5) is 0. The van der Waals surface area contributed by atoms with Crippen LogP contribution in [0.2, 0.25) is 5.02 Å². The SMILES string of the molecule is Cc1ccc(-c2nnc(CCNS(=O)(=O)Cc3ccc(Cl)cc3)o2)cc1. The molecule has 0 amide bonds. The normalized spacial score (nSPS) is 11.6. The van der Waals surface area contributed by atoms with Crippen LogP contribution >= 0.6 is 11.6 Å². The molecule has 1 N–H and O–H groups in total. The second kappa shape index (κ2) is 7.99. The molecule has 1 aromatic heterocycles. The van der Waals surface area contributed by atoms with Gasteiger partial charge in [0.25, 0.3) is 0 Å². The topological polar surface area (TPSA) is 85.1 Å². The van der Waals surface area contributed by atoms with Crippen molar-refractivity contribution in [2.75, 3.05) is 6.54 Å². The number of nitrogens with one attached hydrogen (secondary N) is 1. The van der Waals surface area contributed by atoms with Gasteiger partial charge >= 0.3 is 0 Å². The lowest BCUT2D eigenvalue weighted by Crippen LogP contribution is -2.27. The molecular formula is C18H18ClN3O3S. The first-order valence-corrected chi connectivity index (χ1v) is 10.1. The largest absolute Gasteiger partial charge is 0.421 e. The van der Waals surface area contributed by atoms with Crippen LogP contribution in [0.5, 0.6) is 0 Å². The van der Waals surface area contributed by atoms with Gasteiger partial charge in [0.05, 0.1) is 5.75 Å². The van der Waals surface area contributed by atoms with Crippen LogP contribution in [0.25, 0.3) is 11.5 Å². The summed E-state index contributed by atoms with van der Waals surface area (Å²) in [6, 6.07) is 14.4. The van der Waals surface area contributed by atoms with Gasteiger partial charge in [0.1, 0.15) is 0 Å². The predicted molar refractivity (Wildman–Crippen MR) is 100 cm³/mol. The first-order chi connectivity index (χ1) is 12.4. The average molecular weight is 392 g/mol. The number of benzene rings is 2. The Morgan fingerprint density at radius 3 is 2.42 bits per heavy atom. The molecule has 0 saturated carbocycles. The molecule has 3 aromatic rings. The standard InChI is InChI=1S/C18H18ClN3O3S/c1-13-2-6-15(7-3-13)18-22-21-17(25-18)10-11-20-26(23,24)12-14-4-8-16(19)9-5-14/h2-9,20H,10-12H2,1H3. The van der Waals surface area contributed by atoms with Gasteiger partial charge in [-0.25, -0.2) is 13.1 Å². The highest BCUT2D eigenvalue weighted by molar-refractivity contribution is 7.88. The van der Waals surface area contributed by atoms with Crippen molar-refractivity contribution in [3.8, 4) is 11.5 Å². The number of halogens is 1. The van der Waals surface area contributed by atoms with E-state index < -0.39 is 10.0 Å². The molecule has 0 aliphatic heterocycles. The lowest BCUT2D eigenvalue weighted by molar-refractivity contribution is 0.502. The Kier molecular flexibility index (Phi) is 5.70. The monoisotopic (exact) mass is 391 g/mol. The van der Waals surface area contributed by atoms with Crippen molar-refractivity contribution < 1.29 is 12.8 Å². The van der Waals surface area contributed by atoms with E-state index in [-0.39, 0.29) is 12.3 Å². The van der Waals surface area contributed by atoms with Crippen LogP contribution in [0.15, 0.2) is 52.9 Å². The third kappa shape index (κ3) is 5.14. The number of rotatable bonds is 7. The minimum atomic E-state index is -3.45. The highest BCUT2D eigenvalue weighted by Gasteiger charge is 2.13. The Hall–Kier alpha value is -2.22. The number of aryl methyl sites for hydroxylation is 1. The van der Waals surface area contributed by atoms with Gasteiger partial charge in [0.15, 0.2) is 0 Å². The van der Waals surface area contributed by atoms with Crippen molar-refractivity contribution >= 4 is 21.6 Å². The molecule has 0 unspecified atom stereocenters. The van der Waals surface area contributed by atoms with Crippen molar-refractivity contribution in [2.45, 2.75) is 19.1 Å². The average Bonchev–Trinajstić information content (AvgIpc) is 3.06. The van der Waals surface area contributed by atoms with Crippen molar-refractivity contribution in [1.82, 2.24) is 14.9 Å². The maximum absolute atomic E-state index is 12.1. The molecule has 3 rings (SSSR count). The summed E-state index contributed by atoms with van der Waals surface area (Å²) in [5.41, 5.74) is 2.64. The van der Waals surface area contributed by atoms with Crippen molar-refractivity contribution in [3.63, 3.8) is 0 Å². The molecule has 0 atom stereocenters. The first kappa shape index (κ1) is 18.6. The van der Waals surface area contributed by atoms with Crippen molar-refractivity contribution in [3.05, 3.63) is 70.6 Å². The highest BCUT2D eigenvalue weighted by Crippen LogP contribution is 2.18. The molecule has 0 spiro atoms. The lowest BCUT2D eigenvalue weighted by Gasteiger charge is -2.05. The zero-order valence-corrected chi connectivity index (χ0v) is 15.7. The summed E-state index contributed by atoms with van der Waals surface area (Å²) in [6.07, 6.45) is 0.318. The Balaban J connectivity index is 1.54. The second-order valence-corrected chi connectivity index (χ2v) is 8.14. The Morgan fingerprint density at radius 1 is 1.04 bits per heavy atom. The van der Waals surface area contributed by atoms with Gasteiger partial charge in [0, 0.05) is 23.6 Å². The van der Waals surface area contributed by atoms with Gasteiger partial charge in [-0.05, 0) is 36.8 Å². The van der Waals surface area contributed by atoms with Gasteiger partial charge in [-0.2, -0.15) is 0 Å². The summed E-state index contributed by atoms with van der Waals surface area (Å²) < 4.78 is 32.4. The van der Waals surface area contributed by atoms with Gasteiger partial charge in [0.2, 0.25) is 21.8 Å². The summed E-state index contributed by atoms with van der Waals surface area (Å²) in [6.45, 7) is 2.19. The second-order valence-electron chi connectivity index (χ2n) is 5.90. The van der Waals surface area contributed by atoms with Crippen LogP contribution < -0.4 is 4.72 Å². The minimum Gasteiger partial charge on any atom is -0.421 e. The fourth-order valence-electron chi connectivity index (χ4n) is 2.33. The Bertz CT molecular complexity index is 968. The van der Waals surface area contributed by atoms with E-state index in [9.17, 15) is 8.42 Å². The van der Waals surface area contributed by atoms with E-state index in [1.54, 1.807) is 24.3 Å². The smallest absolute Gasteiger partial charge is 0.247 e. The van der Waals surface area contributed by atoms with E-state index in [1.165, 1.54) is 0 Å². The van der Waals surface area contributed by atoms with E-state index in [0.29, 0.717) is 28.8 Å². The minimum absolute atomic E-state index is 0.109.